The highest BCUT2D eigenvalue weighted by molar-refractivity contribution is 7.91. The molecule has 0 atom stereocenters. The van der Waals surface area contributed by atoms with Gasteiger partial charge >= 0.3 is 0 Å². The standard InChI is InChI=1S/C22H22N2O3S2/c1-16-7-9-19(10-8-16)23-22(25)18-6-4-5-17(15-18)20-11-12-21(28-20)29(26,27)24-13-2-3-14-24/h4-12,15H,2-3,13-14H2,1H3,(H,23,25). The van der Waals surface area contributed by atoms with E-state index in [2.05, 4.69) is 5.32 Å². The summed E-state index contributed by atoms with van der Waals surface area (Å²) in [4.78, 5) is 13.4. The van der Waals surface area contributed by atoms with E-state index in [1.54, 1.807) is 22.5 Å². The summed E-state index contributed by atoms with van der Waals surface area (Å²) in [5, 5.41) is 2.89. The van der Waals surface area contributed by atoms with Gasteiger partial charge in [0.15, 0.2) is 0 Å². The summed E-state index contributed by atoms with van der Waals surface area (Å²) in [7, 11) is -3.42. The van der Waals surface area contributed by atoms with E-state index in [1.165, 1.54) is 11.3 Å². The van der Waals surface area contributed by atoms with Crippen LogP contribution >= 0.6 is 11.3 Å². The Kier molecular flexibility index (Phi) is 5.54. The van der Waals surface area contributed by atoms with Crippen molar-refractivity contribution in [2.45, 2.75) is 24.0 Å². The number of benzene rings is 2. The molecule has 1 amide bonds. The minimum absolute atomic E-state index is 0.197. The molecule has 1 aliphatic rings. The maximum atomic E-state index is 12.8. The first kappa shape index (κ1) is 19.8. The van der Waals surface area contributed by atoms with E-state index >= 15 is 0 Å². The number of hydrogen-bond acceptors (Lipinski definition) is 4. The van der Waals surface area contributed by atoms with Crippen molar-refractivity contribution in [1.82, 2.24) is 4.31 Å². The zero-order valence-electron chi connectivity index (χ0n) is 16.1. The maximum absolute atomic E-state index is 12.8. The van der Waals surface area contributed by atoms with Gasteiger partial charge in [0.05, 0.1) is 0 Å². The zero-order valence-corrected chi connectivity index (χ0v) is 17.7. The molecule has 0 aliphatic carbocycles. The van der Waals surface area contributed by atoms with Crippen LogP contribution in [0.2, 0.25) is 0 Å². The second-order valence-electron chi connectivity index (χ2n) is 7.13. The van der Waals surface area contributed by atoms with E-state index in [0.29, 0.717) is 22.9 Å². The van der Waals surface area contributed by atoms with Crippen molar-refractivity contribution < 1.29 is 13.2 Å². The number of anilines is 1. The molecule has 2 aromatic carbocycles. The quantitative estimate of drug-likeness (QED) is 0.640. The first-order valence-corrected chi connectivity index (χ1v) is 11.8. The maximum Gasteiger partial charge on any atom is 0.255 e. The summed E-state index contributed by atoms with van der Waals surface area (Å²) in [5.74, 6) is -0.197. The highest BCUT2D eigenvalue weighted by Gasteiger charge is 2.28. The fourth-order valence-corrected chi connectivity index (χ4v) is 6.30. The number of thiophene rings is 1. The van der Waals surface area contributed by atoms with Gasteiger partial charge in [-0.1, -0.05) is 29.8 Å². The van der Waals surface area contributed by atoms with Crippen LogP contribution < -0.4 is 5.32 Å². The highest BCUT2D eigenvalue weighted by Crippen LogP contribution is 2.33. The number of aryl methyl sites for hydroxylation is 1. The Morgan fingerprint density at radius 1 is 1.00 bits per heavy atom. The van der Waals surface area contributed by atoms with Crippen LogP contribution in [-0.4, -0.2) is 31.7 Å². The lowest BCUT2D eigenvalue weighted by Crippen LogP contribution is -2.27. The van der Waals surface area contributed by atoms with E-state index in [1.807, 2.05) is 49.4 Å². The molecule has 1 N–H and O–H groups in total. The first-order valence-electron chi connectivity index (χ1n) is 9.52. The molecule has 1 saturated heterocycles. The first-order chi connectivity index (χ1) is 13.9. The average molecular weight is 427 g/mol. The van der Waals surface area contributed by atoms with E-state index < -0.39 is 10.0 Å². The van der Waals surface area contributed by atoms with Crippen molar-refractivity contribution in [2.24, 2.45) is 0 Å². The molecule has 5 nitrogen and oxygen atoms in total. The normalized spacial score (nSPS) is 14.8. The van der Waals surface area contributed by atoms with Gasteiger partial charge in [0, 0.05) is 29.2 Å². The van der Waals surface area contributed by atoms with Gasteiger partial charge in [0.25, 0.3) is 15.9 Å². The van der Waals surface area contributed by atoms with Crippen LogP contribution in [0.5, 0.6) is 0 Å². The molecule has 3 aromatic rings. The van der Waals surface area contributed by atoms with Crippen LogP contribution in [0.25, 0.3) is 10.4 Å². The molecular formula is C22H22N2O3S2. The van der Waals surface area contributed by atoms with Crippen LogP contribution in [0.3, 0.4) is 0 Å². The lowest BCUT2D eigenvalue weighted by Gasteiger charge is -2.13. The molecule has 7 heteroatoms. The molecular weight excluding hydrogens is 404 g/mol. The number of carbonyl (C=O) groups is 1. The number of carbonyl (C=O) groups excluding carboxylic acids is 1. The minimum atomic E-state index is -3.42. The fourth-order valence-electron chi connectivity index (χ4n) is 3.32. The summed E-state index contributed by atoms with van der Waals surface area (Å²) in [5.41, 5.74) is 3.22. The molecule has 29 heavy (non-hydrogen) atoms. The van der Waals surface area contributed by atoms with Crippen LogP contribution in [-0.2, 0) is 10.0 Å². The number of hydrogen-bond donors (Lipinski definition) is 1. The monoisotopic (exact) mass is 426 g/mol. The van der Waals surface area contributed by atoms with Crippen LogP contribution in [0.15, 0.2) is 64.9 Å². The Morgan fingerprint density at radius 3 is 2.45 bits per heavy atom. The molecule has 0 radical (unpaired) electrons. The molecule has 4 rings (SSSR count). The molecule has 150 valence electrons. The molecule has 0 unspecified atom stereocenters. The number of rotatable bonds is 5. The van der Waals surface area contributed by atoms with Crippen molar-refractivity contribution in [3.8, 4) is 10.4 Å². The average Bonchev–Trinajstić information content (AvgIpc) is 3.43. The van der Waals surface area contributed by atoms with Crippen molar-refractivity contribution >= 4 is 33.0 Å². The molecule has 1 aliphatic heterocycles. The van der Waals surface area contributed by atoms with E-state index in [0.717, 1.165) is 34.5 Å². The molecule has 2 heterocycles. The van der Waals surface area contributed by atoms with Gasteiger partial charge in [-0.05, 0) is 61.7 Å². The smallest absolute Gasteiger partial charge is 0.255 e. The summed E-state index contributed by atoms with van der Waals surface area (Å²) in [6, 6.07) is 18.3. The van der Waals surface area contributed by atoms with E-state index in [9.17, 15) is 13.2 Å². The Morgan fingerprint density at radius 2 is 1.72 bits per heavy atom. The van der Waals surface area contributed by atoms with Crippen LogP contribution in [0.4, 0.5) is 5.69 Å². The van der Waals surface area contributed by atoms with Gasteiger partial charge < -0.3 is 5.32 Å². The summed E-state index contributed by atoms with van der Waals surface area (Å²) in [6.45, 7) is 3.17. The lowest BCUT2D eigenvalue weighted by molar-refractivity contribution is 0.102. The second-order valence-corrected chi connectivity index (χ2v) is 10.4. The minimum Gasteiger partial charge on any atom is -0.322 e. The van der Waals surface area contributed by atoms with Crippen molar-refractivity contribution in [2.75, 3.05) is 18.4 Å². The van der Waals surface area contributed by atoms with Gasteiger partial charge in [0.1, 0.15) is 4.21 Å². The Bertz CT molecular complexity index is 1130. The third-order valence-electron chi connectivity index (χ3n) is 4.96. The Labute approximate surface area is 175 Å². The SMILES string of the molecule is Cc1ccc(NC(=O)c2cccc(-c3ccc(S(=O)(=O)N4CCCC4)s3)c2)cc1. The third kappa shape index (κ3) is 4.27. The van der Waals surface area contributed by atoms with E-state index in [4.69, 9.17) is 0 Å². The second kappa shape index (κ2) is 8.10. The summed E-state index contributed by atoms with van der Waals surface area (Å²) < 4.78 is 27.4. The predicted molar refractivity (Wildman–Crippen MR) is 117 cm³/mol. The van der Waals surface area contributed by atoms with E-state index in [-0.39, 0.29) is 5.91 Å². The molecule has 1 aromatic heterocycles. The summed E-state index contributed by atoms with van der Waals surface area (Å²) >= 11 is 1.24. The molecule has 0 bridgehead atoms. The van der Waals surface area contributed by atoms with Crippen molar-refractivity contribution in [3.05, 3.63) is 71.8 Å². The largest absolute Gasteiger partial charge is 0.322 e. The molecule has 0 spiro atoms. The number of sulfonamides is 1. The number of amides is 1. The van der Waals surface area contributed by atoms with Crippen molar-refractivity contribution in [3.63, 3.8) is 0 Å². The number of nitrogens with one attached hydrogen (secondary N) is 1. The Hall–Kier alpha value is -2.48. The van der Waals surface area contributed by atoms with Crippen LogP contribution in [0.1, 0.15) is 28.8 Å². The van der Waals surface area contributed by atoms with Gasteiger partial charge in [-0.15, -0.1) is 11.3 Å². The third-order valence-corrected chi connectivity index (χ3v) is 8.46. The van der Waals surface area contributed by atoms with Crippen molar-refractivity contribution in [1.29, 1.82) is 0 Å². The van der Waals surface area contributed by atoms with Crippen LogP contribution in [0, 0.1) is 6.92 Å². The summed E-state index contributed by atoms with van der Waals surface area (Å²) in [6.07, 6.45) is 1.82. The van der Waals surface area contributed by atoms with Gasteiger partial charge in [-0.2, -0.15) is 4.31 Å². The van der Waals surface area contributed by atoms with Gasteiger partial charge in [-0.3, -0.25) is 4.79 Å². The Balaban J connectivity index is 1.55. The topological polar surface area (TPSA) is 66.5 Å². The predicted octanol–water partition coefficient (Wildman–Crippen LogP) is 4.76. The molecule has 1 fully saturated rings. The lowest BCUT2D eigenvalue weighted by atomic mass is 10.1. The molecule has 0 saturated carbocycles. The van der Waals surface area contributed by atoms with Gasteiger partial charge in [0.2, 0.25) is 0 Å². The fraction of sp³-hybridized carbons (Fsp3) is 0.227. The zero-order chi connectivity index (χ0) is 20.4. The highest BCUT2D eigenvalue weighted by atomic mass is 32.2. The van der Waals surface area contributed by atoms with Gasteiger partial charge in [-0.25, -0.2) is 8.42 Å². The number of nitrogens with zero attached hydrogens (tertiary/aromatic N) is 1.